The molecular formula is C12H24N2O3S2. The SMILES string of the molecule is CCS(=O)(=O)C1CSCCN1C(CN)C1CCCO1. The van der Waals surface area contributed by atoms with E-state index in [0.29, 0.717) is 12.3 Å². The summed E-state index contributed by atoms with van der Waals surface area (Å²) in [5.41, 5.74) is 5.91. The summed E-state index contributed by atoms with van der Waals surface area (Å²) in [5, 5.41) is -0.394. The number of thioether (sulfide) groups is 1. The molecule has 2 saturated heterocycles. The van der Waals surface area contributed by atoms with E-state index in [2.05, 4.69) is 4.90 Å². The molecule has 3 atom stereocenters. The van der Waals surface area contributed by atoms with Crippen LogP contribution in [0.15, 0.2) is 0 Å². The van der Waals surface area contributed by atoms with Crippen molar-refractivity contribution in [3.05, 3.63) is 0 Å². The zero-order valence-corrected chi connectivity index (χ0v) is 13.1. The molecule has 0 bridgehead atoms. The standard InChI is InChI=1S/C12H24N2O3S2/c1-2-19(15,16)12-9-18-7-5-14(12)10(8-13)11-4-3-6-17-11/h10-12H,2-9,13H2,1H3. The van der Waals surface area contributed by atoms with Gasteiger partial charge in [0.05, 0.1) is 6.10 Å². The lowest BCUT2D eigenvalue weighted by Gasteiger charge is -2.41. The fourth-order valence-electron chi connectivity index (χ4n) is 2.88. The highest BCUT2D eigenvalue weighted by molar-refractivity contribution is 8.01. The minimum Gasteiger partial charge on any atom is -0.377 e. The third kappa shape index (κ3) is 3.44. The number of sulfone groups is 1. The molecule has 112 valence electrons. The number of ether oxygens (including phenoxy) is 1. The Labute approximate surface area is 120 Å². The van der Waals surface area contributed by atoms with Gasteiger partial charge in [0.15, 0.2) is 9.84 Å². The largest absolute Gasteiger partial charge is 0.377 e. The molecule has 2 rings (SSSR count). The van der Waals surface area contributed by atoms with Gasteiger partial charge in [0.25, 0.3) is 0 Å². The van der Waals surface area contributed by atoms with Crippen molar-refractivity contribution in [2.45, 2.75) is 37.3 Å². The number of hydrogen-bond acceptors (Lipinski definition) is 6. The van der Waals surface area contributed by atoms with E-state index in [-0.39, 0.29) is 17.9 Å². The van der Waals surface area contributed by atoms with Gasteiger partial charge in [-0.25, -0.2) is 8.42 Å². The van der Waals surface area contributed by atoms with Crippen molar-refractivity contribution in [2.24, 2.45) is 5.73 Å². The van der Waals surface area contributed by atoms with Gasteiger partial charge in [-0.05, 0) is 12.8 Å². The highest BCUT2D eigenvalue weighted by Gasteiger charge is 2.40. The molecule has 7 heteroatoms. The van der Waals surface area contributed by atoms with Crippen LogP contribution in [0.1, 0.15) is 19.8 Å². The van der Waals surface area contributed by atoms with Crippen LogP contribution in [0.4, 0.5) is 0 Å². The fraction of sp³-hybridized carbons (Fsp3) is 1.00. The molecule has 0 amide bonds. The Morgan fingerprint density at radius 3 is 2.89 bits per heavy atom. The number of hydrogen-bond donors (Lipinski definition) is 1. The molecule has 0 spiro atoms. The van der Waals surface area contributed by atoms with E-state index in [4.69, 9.17) is 10.5 Å². The number of rotatable bonds is 5. The molecule has 19 heavy (non-hydrogen) atoms. The minimum atomic E-state index is -3.06. The molecule has 0 aliphatic carbocycles. The van der Waals surface area contributed by atoms with Crippen molar-refractivity contribution < 1.29 is 13.2 Å². The lowest BCUT2D eigenvalue weighted by atomic mass is 10.1. The Morgan fingerprint density at radius 1 is 1.53 bits per heavy atom. The molecular weight excluding hydrogens is 284 g/mol. The Kier molecular flexibility index (Phi) is 5.54. The van der Waals surface area contributed by atoms with Crippen LogP contribution in [0, 0.1) is 0 Å². The first-order chi connectivity index (χ1) is 9.10. The maximum absolute atomic E-state index is 12.3. The zero-order valence-electron chi connectivity index (χ0n) is 11.5. The van der Waals surface area contributed by atoms with Gasteiger partial charge in [0.2, 0.25) is 0 Å². The van der Waals surface area contributed by atoms with Crippen molar-refractivity contribution in [1.82, 2.24) is 4.90 Å². The summed E-state index contributed by atoms with van der Waals surface area (Å²) in [4.78, 5) is 2.09. The molecule has 2 heterocycles. The predicted octanol–water partition coefficient (Wildman–Crippen LogP) is 0.302. The van der Waals surface area contributed by atoms with Crippen molar-refractivity contribution in [3.63, 3.8) is 0 Å². The van der Waals surface area contributed by atoms with Gasteiger partial charge in [0, 0.05) is 43.0 Å². The van der Waals surface area contributed by atoms with E-state index in [0.717, 1.165) is 31.7 Å². The molecule has 2 aliphatic heterocycles. The number of nitrogens with two attached hydrogens (primary N) is 1. The summed E-state index contributed by atoms with van der Waals surface area (Å²) >= 11 is 1.72. The summed E-state index contributed by atoms with van der Waals surface area (Å²) in [5.74, 6) is 1.82. The topological polar surface area (TPSA) is 72.6 Å². The Bertz CT molecular complexity index is 382. The Morgan fingerprint density at radius 2 is 2.32 bits per heavy atom. The summed E-state index contributed by atoms with van der Waals surface area (Å²) in [6.07, 6.45) is 2.14. The van der Waals surface area contributed by atoms with Crippen molar-refractivity contribution in [2.75, 3.05) is 37.0 Å². The van der Waals surface area contributed by atoms with E-state index >= 15 is 0 Å². The van der Waals surface area contributed by atoms with E-state index in [9.17, 15) is 8.42 Å². The first-order valence-corrected chi connectivity index (χ1v) is 9.84. The molecule has 0 aromatic rings. The summed E-state index contributed by atoms with van der Waals surface area (Å²) < 4.78 is 30.3. The van der Waals surface area contributed by atoms with Gasteiger partial charge < -0.3 is 10.5 Å². The van der Waals surface area contributed by atoms with E-state index in [1.54, 1.807) is 18.7 Å². The van der Waals surface area contributed by atoms with Crippen LogP contribution in [0.3, 0.4) is 0 Å². The maximum Gasteiger partial charge on any atom is 0.166 e. The maximum atomic E-state index is 12.3. The molecule has 3 unspecified atom stereocenters. The average Bonchev–Trinajstić information content (AvgIpc) is 2.94. The first kappa shape index (κ1) is 15.6. The Balaban J connectivity index is 2.17. The van der Waals surface area contributed by atoms with Gasteiger partial charge in [-0.3, -0.25) is 4.90 Å². The number of nitrogens with zero attached hydrogens (tertiary/aromatic N) is 1. The second-order valence-electron chi connectivity index (χ2n) is 5.07. The van der Waals surface area contributed by atoms with Crippen molar-refractivity contribution in [1.29, 1.82) is 0 Å². The summed E-state index contributed by atoms with van der Waals surface area (Å²) in [7, 11) is -3.06. The van der Waals surface area contributed by atoms with Crippen LogP contribution >= 0.6 is 11.8 Å². The second-order valence-corrected chi connectivity index (χ2v) is 8.67. The average molecular weight is 308 g/mol. The normalized spacial score (nSPS) is 31.5. The summed E-state index contributed by atoms with van der Waals surface area (Å²) in [6, 6.07) is 0.0368. The van der Waals surface area contributed by atoms with Gasteiger partial charge in [-0.15, -0.1) is 0 Å². The molecule has 2 fully saturated rings. The van der Waals surface area contributed by atoms with E-state index in [1.165, 1.54) is 0 Å². The lowest BCUT2D eigenvalue weighted by Crippen LogP contribution is -2.58. The van der Waals surface area contributed by atoms with Crippen LogP contribution in [-0.4, -0.2) is 67.8 Å². The van der Waals surface area contributed by atoms with Gasteiger partial charge in [0.1, 0.15) is 5.37 Å². The van der Waals surface area contributed by atoms with Crippen molar-refractivity contribution >= 4 is 21.6 Å². The summed E-state index contributed by atoms with van der Waals surface area (Å²) in [6.45, 7) is 3.74. The zero-order chi connectivity index (χ0) is 13.9. The lowest BCUT2D eigenvalue weighted by molar-refractivity contribution is 0.0254. The fourth-order valence-corrected chi connectivity index (χ4v) is 5.96. The monoisotopic (exact) mass is 308 g/mol. The van der Waals surface area contributed by atoms with Gasteiger partial charge >= 0.3 is 0 Å². The molecule has 5 nitrogen and oxygen atoms in total. The smallest absolute Gasteiger partial charge is 0.166 e. The van der Waals surface area contributed by atoms with Crippen molar-refractivity contribution in [3.8, 4) is 0 Å². The molecule has 0 radical (unpaired) electrons. The third-order valence-corrected chi connectivity index (χ3v) is 7.31. The minimum absolute atomic E-state index is 0.0368. The molecule has 0 aromatic carbocycles. The molecule has 2 N–H and O–H groups in total. The van der Waals surface area contributed by atoms with Crippen LogP contribution < -0.4 is 5.73 Å². The highest BCUT2D eigenvalue weighted by atomic mass is 32.2. The quantitative estimate of drug-likeness (QED) is 0.788. The van der Waals surface area contributed by atoms with Crippen LogP contribution in [0.5, 0.6) is 0 Å². The van der Waals surface area contributed by atoms with Crippen LogP contribution in [-0.2, 0) is 14.6 Å². The Hall–Kier alpha value is 0.180. The van der Waals surface area contributed by atoms with Crippen LogP contribution in [0.25, 0.3) is 0 Å². The first-order valence-electron chi connectivity index (χ1n) is 6.97. The predicted molar refractivity (Wildman–Crippen MR) is 79.1 cm³/mol. The van der Waals surface area contributed by atoms with E-state index < -0.39 is 15.2 Å². The molecule has 0 aromatic heterocycles. The van der Waals surface area contributed by atoms with Gasteiger partial charge in [-0.1, -0.05) is 6.92 Å². The molecule has 2 aliphatic rings. The van der Waals surface area contributed by atoms with E-state index in [1.807, 2.05) is 0 Å². The highest BCUT2D eigenvalue weighted by Crippen LogP contribution is 2.27. The third-order valence-electron chi connectivity index (χ3n) is 4.00. The molecule has 0 saturated carbocycles. The second kappa shape index (κ2) is 6.76. The van der Waals surface area contributed by atoms with Crippen LogP contribution in [0.2, 0.25) is 0 Å². The van der Waals surface area contributed by atoms with Gasteiger partial charge in [-0.2, -0.15) is 11.8 Å².